The van der Waals surface area contributed by atoms with Crippen LogP contribution in [-0.2, 0) is 17.9 Å². The minimum absolute atomic E-state index is 0.00160. The largest absolute Gasteiger partial charge is 0.484 e. The van der Waals surface area contributed by atoms with Gasteiger partial charge in [-0.2, -0.15) is 0 Å². The number of carbonyl (C=O) groups is 1. The summed E-state index contributed by atoms with van der Waals surface area (Å²) in [6, 6.07) is 17.9. The van der Waals surface area contributed by atoms with Gasteiger partial charge in [0.25, 0.3) is 11.5 Å². The van der Waals surface area contributed by atoms with Crippen molar-refractivity contribution in [2.24, 2.45) is 0 Å². The summed E-state index contributed by atoms with van der Waals surface area (Å²) < 4.78 is 7.62. The fourth-order valence-corrected chi connectivity index (χ4v) is 4.51. The molecule has 1 aliphatic heterocycles. The van der Waals surface area contributed by atoms with Crippen molar-refractivity contribution in [3.63, 3.8) is 0 Å². The number of hydrogen-bond acceptors (Lipinski definition) is 4. The predicted molar refractivity (Wildman–Crippen MR) is 132 cm³/mol. The number of pyridine rings is 1. The topological polar surface area (TPSA) is 54.8 Å². The number of benzene rings is 2. The number of amides is 1. The van der Waals surface area contributed by atoms with E-state index in [-0.39, 0.29) is 24.0 Å². The van der Waals surface area contributed by atoms with Crippen molar-refractivity contribution in [3.05, 3.63) is 76.1 Å². The Morgan fingerprint density at radius 1 is 1.00 bits per heavy atom. The molecule has 0 bridgehead atoms. The lowest BCUT2D eigenvalue weighted by molar-refractivity contribution is -0.135. The van der Waals surface area contributed by atoms with Crippen LogP contribution in [0.2, 0.25) is 0 Å². The molecule has 1 saturated heterocycles. The van der Waals surface area contributed by atoms with Crippen LogP contribution >= 0.6 is 0 Å². The van der Waals surface area contributed by atoms with E-state index in [1.807, 2.05) is 36.1 Å². The average Bonchev–Trinajstić information content (AvgIpc) is 2.83. The minimum atomic E-state index is -0.00435. The lowest BCUT2D eigenvalue weighted by Crippen LogP contribution is -2.49. The van der Waals surface area contributed by atoms with Crippen LogP contribution in [0.25, 0.3) is 10.9 Å². The van der Waals surface area contributed by atoms with E-state index in [0.29, 0.717) is 25.4 Å². The summed E-state index contributed by atoms with van der Waals surface area (Å²) in [6.45, 7) is 10.8. The Kier molecular flexibility index (Phi) is 7.14. The van der Waals surface area contributed by atoms with E-state index in [1.54, 1.807) is 10.6 Å². The number of piperazine rings is 1. The predicted octanol–water partition coefficient (Wildman–Crippen LogP) is 3.87. The molecule has 0 atom stereocenters. The molecule has 6 nitrogen and oxygen atoms in total. The summed E-state index contributed by atoms with van der Waals surface area (Å²) in [7, 11) is 0. The van der Waals surface area contributed by atoms with Gasteiger partial charge in [-0.15, -0.1) is 0 Å². The Labute approximate surface area is 195 Å². The van der Waals surface area contributed by atoms with Gasteiger partial charge in [0.15, 0.2) is 6.61 Å². The molecule has 33 heavy (non-hydrogen) atoms. The SMILES string of the molecule is CCn1c(=O)cc(C(C)C)c2ccc(OCC(=O)N3CCN(Cc4ccccc4)CC3)cc21. The third-order valence-corrected chi connectivity index (χ3v) is 6.39. The molecule has 1 aliphatic rings. The second kappa shape index (κ2) is 10.2. The second-order valence-corrected chi connectivity index (χ2v) is 8.95. The van der Waals surface area contributed by atoms with Gasteiger partial charge in [0, 0.05) is 56.8 Å². The maximum atomic E-state index is 12.7. The number of aromatic nitrogens is 1. The second-order valence-electron chi connectivity index (χ2n) is 8.95. The molecule has 0 unspecified atom stereocenters. The summed E-state index contributed by atoms with van der Waals surface area (Å²) >= 11 is 0. The Bertz CT molecular complexity index is 1160. The van der Waals surface area contributed by atoms with Crippen molar-refractivity contribution in [1.29, 1.82) is 0 Å². The monoisotopic (exact) mass is 447 g/mol. The average molecular weight is 448 g/mol. The van der Waals surface area contributed by atoms with E-state index in [0.717, 1.165) is 36.1 Å². The molecule has 2 aromatic carbocycles. The van der Waals surface area contributed by atoms with Gasteiger partial charge in [0.1, 0.15) is 5.75 Å². The number of nitrogens with zero attached hydrogens (tertiary/aromatic N) is 3. The van der Waals surface area contributed by atoms with E-state index in [1.165, 1.54) is 5.56 Å². The van der Waals surface area contributed by atoms with Crippen LogP contribution in [0, 0.1) is 0 Å². The molecule has 0 radical (unpaired) electrons. The van der Waals surface area contributed by atoms with Gasteiger partial charge in [-0.1, -0.05) is 44.2 Å². The third kappa shape index (κ3) is 5.28. The van der Waals surface area contributed by atoms with E-state index in [4.69, 9.17) is 4.74 Å². The molecular weight excluding hydrogens is 414 g/mol. The highest BCUT2D eigenvalue weighted by Gasteiger charge is 2.21. The van der Waals surface area contributed by atoms with Gasteiger partial charge in [-0.25, -0.2) is 0 Å². The van der Waals surface area contributed by atoms with Crippen LogP contribution in [0.3, 0.4) is 0 Å². The van der Waals surface area contributed by atoms with Crippen molar-refractivity contribution in [1.82, 2.24) is 14.4 Å². The Hall–Kier alpha value is -3.12. The number of rotatable bonds is 7. The number of hydrogen-bond donors (Lipinski definition) is 0. The molecule has 4 rings (SSSR count). The molecular formula is C27H33N3O3. The maximum Gasteiger partial charge on any atom is 0.260 e. The van der Waals surface area contributed by atoms with Crippen LogP contribution in [0.15, 0.2) is 59.4 Å². The first-order valence-corrected chi connectivity index (χ1v) is 11.8. The number of fused-ring (bicyclic) bond motifs is 1. The van der Waals surface area contributed by atoms with Crippen molar-refractivity contribution in [2.45, 2.75) is 39.8 Å². The van der Waals surface area contributed by atoms with Crippen molar-refractivity contribution < 1.29 is 9.53 Å². The number of ether oxygens (including phenoxy) is 1. The summed E-state index contributed by atoms with van der Waals surface area (Å²) in [5.74, 6) is 0.861. The van der Waals surface area contributed by atoms with Gasteiger partial charge < -0.3 is 14.2 Å². The first-order chi connectivity index (χ1) is 16.0. The van der Waals surface area contributed by atoms with E-state index in [9.17, 15) is 9.59 Å². The summed E-state index contributed by atoms with van der Waals surface area (Å²) in [5.41, 5.74) is 3.18. The highest BCUT2D eigenvalue weighted by Crippen LogP contribution is 2.27. The van der Waals surface area contributed by atoms with Gasteiger partial charge in [-0.3, -0.25) is 14.5 Å². The molecule has 0 aliphatic carbocycles. The normalized spacial score (nSPS) is 14.7. The van der Waals surface area contributed by atoms with Crippen LogP contribution in [-0.4, -0.2) is 53.1 Å². The Morgan fingerprint density at radius 2 is 1.73 bits per heavy atom. The summed E-state index contributed by atoms with van der Waals surface area (Å²) in [5, 5.41) is 1.06. The summed E-state index contributed by atoms with van der Waals surface area (Å²) in [6.07, 6.45) is 0. The van der Waals surface area contributed by atoms with Crippen molar-refractivity contribution in [2.75, 3.05) is 32.8 Å². The molecule has 1 fully saturated rings. The Balaban J connectivity index is 1.38. The molecule has 174 valence electrons. The lowest BCUT2D eigenvalue weighted by Gasteiger charge is -2.34. The zero-order chi connectivity index (χ0) is 23.4. The van der Waals surface area contributed by atoms with Gasteiger partial charge >= 0.3 is 0 Å². The molecule has 1 amide bonds. The fraction of sp³-hybridized carbons (Fsp3) is 0.407. The number of aryl methyl sites for hydroxylation is 1. The van der Waals surface area contributed by atoms with Crippen molar-refractivity contribution in [3.8, 4) is 5.75 Å². The maximum absolute atomic E-state index is 12.7. The highest BCUT2D eigenvalue weighted by atomic mass is 16.5. The molecule has 6 heteroatoms. The Morgan fingerprint density at radius 3 is 2.39 bits per heavy atom. The quantitative estimate of drug-likeness (QED) is 0.552. The highest BCUT2D eigenvalue weighted by molar-refractivity contribution is 5.84. The molecule has 1 aromatic heterocycles. The smallest absolute Gasteiger partial charge is 0.260 e. The van der Waals surface area contributed by atoms with Gasteiger partial charge in [0.05, 0.1) is 5.52 Å². The van der Waals surface area contributed by atoms with E-state index < -0.39 is 0 Å². The molecule has 3 aromatic rings. The molecule has 0 saturated carbocycles. The zero-order valence-electron chi connectivity index (χ0n) is 19.8. The standard InChI is InChI=1S/C27H33N3O3/c1-4-30-25-16-22(10-11-23(25)24(20(2)3)17-26(30)31)33-19-27(32)29-14-12-28(13-15-29)18-21-8-6-5-7-9-21/h5-11,16-17,20H,4,12-15,18-19H2,1-3H3. The molecule has 0 N–H and O–H groups in total. The van der Waals surface area contributed by atoms with Gasteiger partial charge in [0.2, 0.25) is 0 Å². The summed E-state index contributed by atoms with van der Waals surface area (Å²) in [4.78, 5) is 29.6. The first-order valence-electron chi connectivity index (χ1n) is 11.8. The number of carbonyl (C=O) groups excluding carboxylic acids is 1. The first kappa shape index (κ1) is 23.1. The third-order valence-electron chi connectivity index (χ3n) is 6.39. The molecule has 0 spiro atoms. The minimum Gasteiger partial charge on any atom is -0.484 e. The van der Waals surface area contributed by atoms with E-state index >= 15 is 0 Å². The molecule has 2 heterocycles. The van der Waals surface area contributed by atoms with Gasteiger partial charge in [-0.05, 0) is 36.1 Å². The van der Waals surface area contributed by atoms with Crippen LogP contribution in [0.5, 0.6) is 5.75 Å². The van der Waals surface area contributed by atoms with Crippen molar-refractivity contribution >= 4 is 16.8 Å². The fourth-order valence-electron chi connectivity index (χ4n) is 4.51. The zero-order valence-corrected chi connectivity index (χ0v) is 19.8. The van der Waals surface area contributed by atoms with Crippen LogP contribution in [0.4, 0.5) is 0 Å². The lowest BCUT2D eigenvalue weighted by atomic mass is 9.98. The van der Waals surface area contributed by atoms with E-state index in [2.05, 4.69) is 43.0 Å². The van der Waals surface area contributed by atoms with Crippen LogP contribution in [0.1, 0.15) is 37.8 Å². The van der Waals surface area contributed by atoms with Crippen LogP contribution < -0.4 is 10.3 Å².